The zero-order valence-electron chi connectivity index (χ0n) is 18.2. The van der Waals surface area contributed by atoms with Crippen LogP contribution >= 0.6 is 0 Å². The Hall–Kier alpha value is -2.74. The van der Waals surface area contributed by atoms with Crippen LogP contribution in [0.5, 0.6) is 0 Å². The van der Waals surface area contributed by atoms with Crippen LogP contribution in [0.4, 0.5) is 0 Å². The minimum absolute atomic E-state index is 0.0882. The zero-order valence-corrected chi connectivity index (χ0v) is 18.2. The van der Waals surface area contributed by atoms with Crippen molar-refractivity contribution in [3.05, 3.63) is 35.4 Å². The van der Waals surface area contributed by atoms with E-state index in [0.29, 0.717) is 24.8 Å². The molecule has 1 N–H and O–H groups in total. The van der Waals surface area contributed by atoms with Crippen LogP contribution in [0, 0.1) is 19.8 Å². The van der Waals surface area contributed by atoms with Gasteiger partial charge in [0.05, 0.1) is 29.2 Å². The molecule has 4 rings (SSSR count). The molecule has 4 heterocycles. The number of carbonyl (C=O) groups is 1. The summed E-state index contributed by atoms with van der Waals surface area (Å²) in [6.45, 7) is 10.9. The van der Waals surface area contributed by atoms with E-state index in [9.17, 15) is 4.79 Å². The molecule has 1 aliphatic heterocycles. The number of rotatable bonds is 6. The summed E-state index contributed by atoms with van der Waals surface area (Å²) in [6.07, 6.45) is 3.92. The monoisotopic (exact) mass is 410 g/mol. The van der Waals surface area contributed by atoms with Gasteiger partial charge < -0.3 is 9.84 Å². The van der Waals surface area contributed by atoms with Gasteiger partial charge in [-0.2, -0.15) is 5.10 Å². The lowest BCUT2D eigenvalue weighted by Gasteiger charge is -2.33. The van der Waals surface area contributed by atoms with Crippen molar-refractivity contribution in [2.45, 2.75) is 46.5 Å². The molecule has 1 aliphatic rings. The summed E-state index contributed by atoms with van der Waals surface area (Å²) < 4.78 is 7.51. The number of aromatic nitrogens is 4. The summed E-state index contributed by atoms with van der Waals surface area (Å²) in [5, 5.41) is 11.8. The third-order valence-corrected chi connectivity index (χ3v) is 5.50. The molecule has 1 saturated heterocycles. The average Bonchev–Trinajstić information content (AvgIpc) is 3.30. The second kappa shape index (κ2) is 8.55. The first kappa shape index (κ1) is 20.5. The quantitative estimate of drug-likeness (QED) is 0.672. The van der Waals surface area contributed by atoms with Crippen molar-refractivity contribution in [2.75, 3.05) is 26.2 Å². The van der Waals surface area contributed by atoms with Crippen LogP contribution in [0.1, 0.15) is 49.7 Å². The summed E-state index contributed by atoms with van der Waals surface area (Å²) >= 11 is 0. The number of hydrogen-bond acceptors (Lipinski definition) is 6. The Labute approximate surface area is 176 Å². The average molecular weight is 411 g/mol. The predicted octanol–water partition coefficient (Wildman–Crippen LogP) is 2.95. The second-order valence-corrected chi connectivity index (χ2v) is 8.72. The van der Waals surface area contributed by atoms with E-state index in [2.05, 4.69) is 34.2 Å². The molecule has 1 atom stereocenters. The lowest BCUT2D eigenvalue weighted by molar-refractivity contribution is -0.122. The van der Waals surface area contributed by atoms with Crippen molar-refractivity contribution in [2.24, 2.45) is 5.92 Å². The number of nitrogens with one attached hydrogen (secondary N) is 1. The maximum absolute atomic E-state index is 12.4. The molecule has 0 aliphatic carbocycles. The number of fused-ring (bicyclic) bond motifs is 1. The molecule has 1 unspecified atom stereocenters. The number of carbonyl (C=O) groups excluding carboxylic acids is 1. The predicted molar refractivity (Wildman–Crippen MR) is 114 cm³/mol. The topological polar surface area (TPSA) is 88.6 Å². The third kappa shape index (κ3) is 4.38. The molecule has 8 heteroatoms. The molecule has 0 spiro atoms. The summed E-state index contributed by atoms with van der Waals surface area (Å²) in [4.78, 5) is 19.2. The number of aryl methyl sites for hydroxylation is 2. The fraction of sp³-hybridized carbons (Fsp3) is 0.545. The van der Waals surface area contributed by atoms with E-state index in [-0.39, 0.29) is 11.8 Å². The summed E-state index contributed by atoms with van der Waals surface area (Å²) in [5.74, 6) is 1.47. The van der Waals surface area contributed by atoms with Crippen molar-refractivity contribution in [3.8, 4) is 11.3 Å². The zero-order chi connectivity index (χ0) is 21.3. The molecule has 0 bridgehead atoms. The van der Waals surface area contributed by atoms with Crippen molar-refractivity contribution in [3.63, 3.8) is 0 Å². The smallest absolute Gasteiger partial charge is 0.234 e. The molecule has 30 heavy (non-hydrogen) atoms. The number of amides is 1. The van der Waals surface area contributed by atoms with Crippen LogP contribution in [-0.2, 0) is 4.79 Å². The highest BCUT2D eigenvalue weighted by Crippen LogP contribution is 2.34. The van der Waals surface area contributed by atoms with Crippen LogP contribution < -0.4 is 5.32 Å². The molecule has 0 aromatic carbocycles. The molecule has 0 saturated carbocycles. The molecular formula is C22H30N6O2. The first-order chi connectivity index (χ1) is 14.4. The van der Waals surface area contributed by atoms with Crippen molar-refractivity contribution in [1.29, 1.82) is 0 Å². The molecule has 3 aromatic heterocycles. The first-order valence-electron chi connectivity index (χ1n) is 10.7. The summed E-state index contributed by atoms with van der Waals surface area (Å²) in [7, 11) is 0. The number of piperidine rings is 1. The largest absolute Gasteiger partial charge is 0.356 e. The van der Waals surface area contributed by atoms with Gasteiger partial charge in [-0.15, -0.1) is 0 Å². The van der Waals surface area contributed by atoms with Gasteiger partial charge >= 0.3 is 0 Å². The second-order valence-electron chi connectivity index (χ2n) is 8.72. The minimum Gasteiger partial charge on any atom is -0.356 e. The van der Waals surface area contributed by atoms with Crippen LogP contribution in [0.2, 0.25) is 0 Å². The fourth-order valence-corrected chi connectivity index (χ4v) is 4.14. The van der Waals surface area contributed by atoms with E-state index in [1.807, 2.05) is 36.7 Å². The Bertz CT molecular complexity index is 1040. The van der Waals surface area contributed by atoms with E-state index in [1.165, 1.54) is 0 Å². The molecule has 3 aromatic rings. The van der Waals surface area contributed by atoms with Crippen molar-refractivity contribution in [1.82, 2.24) is 30.0 Å². The minimum atomic E-state index is 0.0882. The number of nitrogens with zero attached hydrogens (tertiary/aromatic N) is 5. The lowest BCUT2D eigenvalue weighted by Crippen LogP contribution is -2.43. The Morgan fingerprint density at radius 3 is 2.87 bits per heavy atom. The maximum atomic E-state index is 12.4. The van der Waals surface area contributed by atoms with Gasteiger partial charge in [0.15, 0.2) is 11.4 Å². The molecular weight excluding hydrogens is 380 g/mol. The van der Waals surface area contributed by atoms with Crippen LogP contribution in [0.3, 0.4) is 0 Å². The molecule has 1 amide bonds. The molecule has 160 valence electrons. The Kier molecular flexibility index (Phi) is 5.85. The maximum Gasteiger partial charge on any atom is 0.234 e. The van der Waals surface area contributed by atoms with Gasteiger partial charge in [0.2, 0.25) is 5.91 Å². The normalized spacial score (nSPS) is 17.7. The van der Waals surface area contributed by atoms with Gasteiger partial charge in [-0.1, -0.05) is 19.0 Å². The summed E-state index contributed by atoms with van der Waals surface area (Å²) in [5.41, 5.74) is 4.59. The van der Waals surface area contributed by atoms with Crippen LogP contribution in [-0.4, -0.2) is 56.7 Å². The van der Waals surface area contributed by atoms with Gasteiger partial charge in [0.25, 0.3) is 0 Å². The van der Waals surface area contributed by atoms with E-state index < -0.39 is 0 Å². The lowest BCUT2D eigenvalue weighted by atomic mass is 9.91. The van der Waals surface area contributed by atoms with Gasteiger partial charge in [0.1, 0.15) is 0 Å². The highest BCUT2D eigenvalue weighted by Gasteiger charge is 2.29. The third-order valence-electron chi connectivity index (χ3n) is 5.50. The highest BCUT2D eigenvalue weighted by molar-refractivity contribution is 5.78. The molecule has 0 radical (unpaired) electrons. The van der Waals surface area contributed by atoms with Gasteiger partial charge in [-0.3, -0.25) is 9.69 Å². The standard InChI is InChI=1S/C22H30N6O2/c1-14(2)10-24-21(29)13-27-7-5-6-17(12-27)22-18(19-8-16(4)26-30-19)11-23-20-9-15(3)25-28(20)22/h8-9,11,14,17H,5-7,10,12-13H2,1-4H3,(H,24,29). The molecule has 1 fully saturated rings. The number of hydrogen-bond donors (Lipinski definition) is 1. The highest BCUT2D eigenvalue weighted by atomic mass is 16.5. The van der Waals surface area contributed by atoms with E-state index in [0.717, 1.165) is 54.2 Å². The number of likely N-dealkylation sites (tertiary alicyclic amines) is 1. The van der Waals surface area contributed by atoms with Crippen molar-refractivity contribution < 1.29 is 9.32 Å². The van der Waals surface area contributed by atoms with E-state index in [4.69, 9.17) is 9.62 Å². The summed E-state index contributed by atoms with van der Waals surface area (Å²) in [6, 6.07) is 3.92. The van der Waals surface area contributed by atoms with Crippen LogP contribution in [0.25, 0.3) is 17.0 Å². The van der Waals surface area contributed by atoms with E-state index in [1.54, 1.807) is 0 Å². The first-order valence-corrected chi connectivity index (χ1v) is 10.7. The van der Waals surface area contributed by atoms with E-state index >= 15 is 0 Å². The molecule has 8 nitrogen and oxygen atoms in total. The Balaban J connectivity index is 1.63. The van der Waals surface area contributed by atoms with Gasteiger partial charge in [0, 0.05) is 37.3 Å². The van der Waals surface area contributed by atoms with Crippen molar-refractivity contribution >= 4 is 11.6 Å². The van der Waals surface area contributed by atoms with Gasteiger partial charge in [-0.25, -0.2) is 9.50 Å². The van der Waals surface area contributed by atoms with Gasteiger partial charge in [-0.05, 0) is 39.2 Å². The SMILES string of the molecule is Cc1cc(-c2cnc3cc(C)nn3c2C2CCCN(CC(=O)NCC(C)C)C2)on1. The Morgan fingerprint density at radius 2 is 2.13 bits per heavy atom. The van der Waals surface area contributed by atoms with Crippen LogP contribution in [0.15, 0.2) is 22.9 Å². The fourth-order valence-electron chi connectivity index (χ4n) is 4.14. The Morgan fingerprint density at radius 1 is 1.30 bits per heavy atom.